The molecule has 1 heterocycles. The maximum Gasteiger partial charge on any atom is 0.254 e. The van der Waals surface area contributed by atoms with Gasteiger partial charge in [0.25, 0.3) is 5.91 Å². The zero-order valence-corrected chi connectivity index (χ0v) is 14.4. The summed E-state index contributed by atoms with van der Waals surface area (Å²) < 4.78 is 1.79. The van der Waals surface area contributed by atoms with Gasteiger partial charge in [-0.2, -0.15) is 5.10 Å². The highest BCUT2D eigenvalue weighted by molar-refractivity contribution is 5.95. The molecule has 0 atom stereocenters. The number of amides is 1. The molecule has 1 amide bonds. The number of hydrogen-bond acceptors (Lipinski definition) is 3. The van der Waals surface area contributed by atoms with Crippen LogP contribution in [0.3, 0.4) is 0 Å². The van der Waals surface area contributed by atoms with Crippen LogP contribution in [0.5, 0.6) is 0 Å². The first-order valence-corrected chi connectivity index (χ1v) is 8.61. The highest BCUT2D eigenvalue weighted by atomic mass is 16.3. The molecule has 1 aliphatic rings. The fourth-order valence-corrected chi connectivity index (χ4v) is 3.40. The van der Waals surface area contributed by atoms with Gasteiger partial charge >= 0.3 is 0 Å². The average Bonchev–Trinajstić information content (AvgIpc) is 2.95. The molecule has 1 saturated carbocycles. The van der Waals surface area contributed by atoms with Crippen LogP contribution in [-0.4, -0.2) is 32.9 Å². The minimum atomic E-state index is -0.756. The predicted molar refractivity (Wildman–Crippen MR) is 93.4 cm³/mol. The van der Waals surface area contributed by atoms with E-state index in [9.17, 15) is 9.90 Å². The lowest BCUT2D eigenvalue weighted by molar-refractivity contribution is 0.00525. The van der Waals surface area contributed by atoms with Gasteiger partial charge in [0.2, 0.25) is 0 Å². The molecule has 1 aromatic heterocycles. The third-order valence-corrected chi connectivity index (χ3v) is 4.96. The number of hydrogen-bond donors (Lipinski definition) is 2. The molecule has 1 aliphatic carbocycles. The maximum absolute atomic E-state index is 12.5. The molecule has 5 heteroatoms. The van der Waals surface area contributed by atoms with Crippen LogP contribution in [0.25, 0.3) is 5.69 Å². The van der Waals surface area contributed by atoms with Gasteiger partial charge in [0, 0.05) is 6.54 Å². The van der Waals surface area contributed by atoms with Crippen LogP contribution >= 0.6 is 0 Å². The van der Waals surface area contributed by atoms with Crippen LogP contribution < -0.4 is 5.32 Å². The average molecular weight is 327 g/mol. The predicted octanol–water partition coefficient (Wildman–Crippen LogP) is 2.91. The van der Waals surface area contributed by atoms with Crippen LogP contribution in [0.1, 0.15) is 53.7 Å². The SMILES string of the molecule is Cc1ccccc1-n1ncc(C(=O)NCC2(O)CCCCC2)c1C. The van der Waals surface area contributed by atoms with Crippen molar-refractivity contribution in [2.45, 2.75) is 51.6 Å². The first-order chi connectivity index (χ1) is 11.5. The molecule has 0 radical (unpaired) electrons. The molecule has 0 unspecified atom stereocenters. The Kier molecular flexibility index (Phi) is 4.71. The lowest BCUT2D eigenvalue weighted by Gasteiger charge is -2.32. The number of aryl methyl sites for hydroxylation is 1. The summed E-state index contributed by atoms with van der Waals surface area (Å²) in [6.07, 6.45) is 6.33. The molecule has 24 heavy (non-hydrogen) atoms. The van der Waals surface area contributed by atoms with Crippen LogP contribution in [0.15, 0.2) is 30.5 Å². The Bertz CT molecular complexity index is 730. The van der Waals surface area contributed by atoms with E-state index < -0.39 is 5.60 Å². The van der Waals surface area contributed by atoms with E-state index in [4.69, 9.17) is 0 Å². The summed E-state index contributed by atoms with van der Waals surface area (Å²) in [4.78, 5) is 12.5. The van der Waals surface area contributed by atoms with Crippen molar-refractivity contribution in [3.05, 3.63) is 47.3 Å². The zero-order chi connectivity index (χ0) is 17.2. The highest BCUT2D eigenvalue weighted by Gasteiger charge is 2.30. The van der Waals surface area contributed by atoms with Gasteiger partial charge in [-0.05, 0) is 38.3 Å². The van der Waals surface area contributed by atoms with Crippen molar-refractivity contribution in [2.24, 2.45) is 0 Å². The fourth-order valence-electron chi connectivity index (χ4n) is 3.40. The van der Waals surface area contributed by atoms with Crippen molar-refractivity contribution in [1.82, 2.24) is 15.1 Å². The molecule has 1 aromatic carbocycles. The molecule has 0 aliphatic heterocycles. The zero-order valence-electron chi connectivity index (χ0n) is 14.4. The number of aromatic nitrogens is 2. The maximum atomic E-state index is 12.5. The van der Waals surface area contributed by atoms with Crippen LogP contribution in [0, 0.1) is 13.8 Å². The summed E-state index contributed by atoms with van der Waals surface area (Å²) in [6, 6.07) is 7.95. The number of carbonyl (C=O) groups excluding carboxylic acids is 1. The van der Waals surface area contributed by atoms with Crippen LogP contribution in [0.4, 0.5) is 0 Å². The summed E-state index contributed by atoms with van der Waals surface area (Å²) in [6.45, 7) is 4.22. The highest BCUT2D eigenvalue weighted by Crippen LogP contribution is 2.27. The number of benzene rings is 1. The number of aliphatic hydroxyl groups is 1. The minimum absolute atomic E-state index is 0.175. The van der Waals surface area contributed by atoms with E-state index in [1.807, 2.05) is 38.1 Å². The summed E-state index contributed by atoms with van der Waals surface area (Å²) in [5.41, 5.74) is 2.68. The smallest absolute Gasteiger partial charge is 0.254 e. The molecule has 2 aromatic rings. The Morgan fingerprint density at radius 1 is 1.25 bits per heavy atom. The third-order valence-electron chi connectivity index (χ3n) is 4.96. The Balaban J connectivity index is 1.73. The van der Waals surface area contributed by atoms with Crippen LogP contribution in [0.2, 0.25) is 0 Å². The van der Waals surface area contributed by atoms with E-state index >= 15 is 0 Å². The Hall–Kier alpha value is -2.14. The summed E-state index contributed by atoms with van der Waals surface area (Å²) in [7, 11) is 0. The molecular formula is C19H25N3O2. The van der Waals surface area contributed by atoms with Gasteiger partial charge in [-0.15, -0.1) is 0 Å². The van der Waals surface area contributed by atoms with Gasteiger partial charge in [-0.25, -0.2) is 4.68 Å². The molecule has 0 bridgehead atoms. The van der Waals surface area contributed by atoms with Gasteiger partial charge in [-0.3, -0.25) is 4.79 Å². The number of nitrogens with one attached hydrogen (secondary N) is 1. The first kappa shape index (κ1) is 16.7. The summed E-state index contributed by atoms with van der Waals surface area (Å²) >= 11 is 0. The topological polar surface area (TPSA) is 67.2 Å². The summed E-state index contributed by atoms with van der Waals surface area (Å²) in [5.74, 6) is -0.175. The molecule has 1 fully saturated rings. The molecular weight excluding hydrogens is 302 g/mol. The number of carbonyl (C=O) groups is 1. The van der Waals surface area contributed by atoms with Crippen molar-refractivity contribution in [3.8, 4) is 5.69 Å². The molecule has 3 rings (SSSR count). The molecule has 128 valence electrons. The summed E-state index contributed by atoms with van der Waals surface area (Å²) in [5, 5.41) is 17.8. The van der Waals surface area contributed by atoms with Gasteiger partial charge in [0.05, 0.1) is 28.7 Å². The fraction of sp³-hybridized carbons (Fsp3) is 0.474. The van der Waals surface area contributed by atoms with E-state index in [1.165, 1.54) is 6.42 Å². The van der Waals surface area contributed by atoms with Crippen molar-refractivity contribution >= 4 is 5.91 Å². The van der Waals surface area contributed by atoms with Gasteiger partial charge in [0.15, 0.2) is 0 Å². The Morgan fingerprint density at radius 3 is 2.67 bits per heavy atom. The van der Waals surface area contributed by atoms with Crippen molar-refractivity contribution in [2.75, 3.05) is 6.54 Å². The second-order valence-electron chi connectivity index (χ2n) is 6.81. The second kappa shape index (κ2) is 6.77. The normalized spacial score (nSPS) is 16.8. The van der Waals surface area contributed by atoms with E-state index in [2.05, 4.69) is 10.4 Å². The molecule has 2 N–H and O–H groups in total. The van der Waals surface area contributed by atoms with Crippen LogP contribution in [-0.2, 0) is 0 Å². The monoisotopic (exact) mass is 327 g/mol. The standard InChI is InChI=1S/C19H25N3O2/c1-14-8-4-5-9-17(14)22-15(2)16(12-21-22)18(23)20-13-19(24)10-6-3-7-11-19/h4-5,8-9,12,24H,3,6-7,10-11,13H2,1-2H3,(H,20,23). The van der Waals surface area contributed by atoms with Gasteiger partial charge in [-0.1, -0.05) is 37.5 Å². The van der Waals surface area contributed by atoms with E-state index in [1.54, 1.807) is 10.9 Å². The van der Waals surface area contributed by atoms with Crippen molar-refractivity contribution in [1.29, 1.82) is 0 Å². The minimum Gasteiger partial charge on any atom is -0.388 e. The van der Waals surface area contributed by atoms with Gasteiger partial charge < -0.3 is 10.4 Å². The van der Waals surface area contributed by atoms with Crippen molar-refractivity contribution in [3.63, 3.8) is 0 Å². The van der Waals surface area contributed by atoms with E-state index in [-0.39, 0.29) is 5.91 Å². The lowest BCUT2D eigenvalue weighted by Crippen LogP contribution is -2.44. The molecule has 5 nitrogen and oxygen atoms in total. The Labute approximate surface area is 142 Å². The van der Waals surface area contributed by atoms with E-state index in [0.717, 1.165) is 42.6 Å². The van der Waals surface area contributed by atoms with Gasteiger partial charge in [0.1, 0.15) is 0 Å². The van der Waals surface area contributed by atoms with E-state index in [0.29, 0.717) is 12.1 Å². The molecule has 0 spiro atoms. The second-order valence-corrected chi connectivity index (χ2v) is 6.81. The Morgan fingerprint density at radius 2 is 1.96 bits per heavy atom. The largest absolute Gasteiger partial charge is 0.388 e. The number of para-hydroxylation sites is 1. The van der Waals surface area contributed by atoms with Crippen molar-refractivity contribution < 1.29 is 9.90 Å². The quantitative estimate of drug-likeness (QED) is 0.907. The number of nitrogens with zero attached hydrogens (tertiary/aromatic N) is 2. The third kappa shape index (κ3) is 3.36. The number of rotatable bonds is 4. The lowest BCUT2D eigenvalue weighted by atomic mass is 9.85. The first-order valence-electron chi connectivity index (χ1n) is 8.61. The molecule has 0 saturated heterocycles.